The van der Waals surface area contributed by atoms with Gasteiger partial charge in [-0.1, -0.05) is 6.07 Å². The van der Waals surface area contributed by atoms with Gasteiger partial charge in [0.1, 0.15) is 0 Å². The number of amides is 1. The molecule has 6 heteroatoms. The standard InChI is InChI=1S/C16H19N3O3/c1-10-14(11(2)19-18-10)7-8-15(20)17-13-6-4-5-12(9-13)16(21)22-3/h4-6,9H,7-8H2,1-3H3,(H,17,20)(H,18,19). The van der Waals surface area contributed by atoms with E-state index in [1.54, 1.807) is 24.3 Å². The van der Waals surface area contributed by atoms with Crippen LogP contribution in [0.25, 0.3) is 0 Å². The molecule has 0 radical (unpaired) electrons. The fraction of sp³-hybridized carbons (Fsp3) is 0.312. The fourth-order valence-electron chi connectivity index (χ4n) is 2.25. The third kappa shape index (κ3) is 3.72. The Hall–Kier alpha value is -2.63. The molecule has 0 atom stereocenters. The maximum Gasteiger partial charge on any atom is 0.337 e. The number of ether oxygens (including phenoxy) is 1. The fourth-order valence-corrected chi connectivity index (χ4v) is 2.25. The summed E-state index contributed by atoms with van der Waals surface area (Å²) in [5, 5.41) is 9.80. The van der Waals surface area contributed by atoms with Gasteiger partial charge in [0.25, 0.3) is 0 Å². The molecular formula is C16H19N3O3. The summed E-state index contributed by atoms with van der Waals surface area (Å²) in [6.07, 6.45) is 0.973. The molecule has 1 aromatic carbocycles. The van der Waals surface area contributed by atoms with E-state index in [0.717, 1.165) is 17.0 Å². The topological polar surface area (TPSA) is 84.1 Å². The van der Waals surface area contributed by atoms with Crippen LogP contribution in [0.1, 0.15) is 33.7 Å². The van der Waals surface area contributed by atoms with Crippen molar-refractivity contribution < 1.29 is 14.3 Å². The second kappa shape index (κ2) is 6.89. The van der Waals surface area contributed by atoms with E-state index >= 15 is 0 Å². The summed E-state index contributed by atoms with van der Waals surface area (Å²) in [6.45, 7) is 3.85. The van der Waals surface area contributed by atoms with Gasteiger partial charge in [-0.25, -0.2) is 4.79 Å². The van der Waals surface area contributed by atoms with Crippen LogP contribution in [0, 0.1) is 13.8 Å². The quantitative estimate of drug-likeness (QED) is 0.830. The van der Waals surface area contributed by atoms with Crippen molar-refractivity contribution in [2.45, 2.75) is 26.7 Å². The average Bonchev–Trinajstić information content (AvgIpc) is 2.83. The Morgan fingerprint density at radius 3 is 2.73 bits per heavy atom. The summed E-state index contributed by atoms with van der Waals surface area (Å²) < 4.78 is 4.66. The largest absolute Gasteiger partial charge is 0.465 e. The predicted molar refractivity (Wildman–Crippen MR) is 82.8 cm³/mol. The van der Waals surface area contributed by atoms with Crippen LogP contribution in [0.5, 0.6) is 0 Å². The third-order valence-electron chi connectivity index (χ3n) is 3.45. The number of H-pyrrole nitrogens is 1. The van der Waals surface area contributed by atoms with E-state index in [-0.39, 0.29) is 5.91 Å². The number of hydrogen-bond donors (Lipinski definition) is 2. The first-order chi connectivity index (χ1) is 10.5. The summed E-state index contributed by atoms with van der Waals surface area (Å²) in [5.74, 6) is -0.539. The number of methoxy groups -OCH3 is 1. The highest BCUT2D eigenvalue weighted by atomic mass is 16.5. The molecule has 0 aliphatic heterocycles. The van der Waals surface area contributed by atoms with Crippen LogP contribution in [0.3, 0.4) is 0 Å². The molecule has 0 saturated heterocycles. The van der Waals surface area contributed by atoms with Crippen molar-refractivity contribution in [3.63, 3.8) is 0 Å². The van der Waals surface area contributed by atoms with Crippen LogP contribution < -0.4 is 5.32 Å². The number of esters is 1. The highest BCUT2D eigenvalue weighted by Crippen LogP contribution is 2.14. The molecule has 1 heterocycles. The second-order valence-corrected chi connectivity index (χ2v) is 5.03. The van der Waals surface area contributed by atoms with Crippen LogP contribution in [0.15, 0.2) is 24.3 Å². The van der Waals surface area contributed by atoms with Gasteiger partial charge in [-0.15, -0.1) is 0 Å². The van der Waals surface area contributed by atoms with Crippen LogP contribution in [-0.4, -0.2) is 29.2 Å². The van der Waals surface area contributed by atoms with Crippen molar-refractivity contribution >= 4 is 17.6 Å². The normalized spacial score (nSPS) is 10.3. The number of anilines is 1. The van der Waals surface area contributed by atoms with Crippen LogP contribution in [-0.2, 0) is 16.0 Å². The number of aromatic amines is 1. The minimum atomic E-state index is -0.430. The van der Waals surface area contributed by atoms with E-state index in [2.05, 4.69) is 20.3 Å². The van der Waals surface area contributed by atoms with Crippen molar-refractivity contribution in [1.29, 1.82) is 0 Å². The lowest BCUT2D eigenvalue weighted by Crippen LogP contribution is -2.13. The maximum absolute atomic E-state index is 12.0. The number of carbonyl (C=O) groups excluding carboxylic acids is 2. The van der Waals surface area contributed by atoms with Gasteiger partial charge < -0.3 is 10.1 Å². The SMILES string of the molecule is COC(=O)c1cccc(NC(=O)CCc2c(C)n[nH]c2C)c1. The Kier molecular flexibility index (Phi) is 4.93. The molecule has 0 spiro atoms. The number of aromatic nitrogens is 2. The van der Waals surface area contributed by atoms with Crippen LogP contribution >= 0.6 is 0 Å². The van der Waals surface area contributed by atoms with Crippen LogP contribution in [0.2, 0.25) is 0 Å². The lowest BCUT2D eigenvalue weighted by molar-refractivity contribution is -0.116. The molecule has 0 fully saturated rings. The Morgan fingerprint density at radius 2 is 2.09 bits per heavy atom. The molecular weight excluding hydrogens is 282 g/mol. The van der Waals surface area contributed by atoms with E-state index in [0.29, 0.717) is 24.1 Å². The van der Waals surface area contributed by atoms with Gasteiger partial charge in [0, 0.05) is 17.8 Å². The van der Waals surface area contributed by atoms with Gasteiger partial charge in [0.05, 0.1) is 18.4 Å². The number of benzene rings is 1. The number of nitrogens with one attached hydrogen (secondary N) is 2. The van der Waals surface area contributed by atoms with Crippen molar-refractivity contribution in [2.24, 2.45) is 0 Å². The monoisotopic (exact) mass is 301 g/mol. The Balaban J connectivity index is 1.96. The van der Waals surface area contributed by atoms with E-state index in [4.69, 9.17) is 0 Å². The summed E-state index contributed by atoms with van der Waals surface area (Å²) in [7, 11) is 1.32. The third-order valence-corrected chi connectivity index (χ3v) is 3.45. The van der Waals surface area contributed by atoms with Crippen LogP contribution in [0.4, 0.5) is 5.69 Å². The zero-order valence-electron chi connectivity index (χ0n) is 12.9. The maximum atomic E-state index is 12.0. The number of carbonyl (C=O) groups is 2. The van der Waals surface area contributed by atoms with Gasteiger partial charge in [-0.2, -0.15) is 5.10 Å². The van der Waals surface area contributed by atoms with E-state index in [1.807, 2.05) is 13.8 Å². The highest BCUT2D eigenvalue weighted by molar-refractivity contribution is 5.94. The molecule has 0 bridgehead atoms. The molecule has 22 heavy (non-hydrogen) atoms. The summed E-state index contributed by atoms with van der Waals surface area (Å²) in [5.41, 5.74) is 3.95. The summed E-state index contributed by atoms with van der Waals surface area (Å²) in [4.78, 5) is 23.5. The second-order valence-electron chi connectivity index (χ2n) is 5.03. The van der Waals surface area contributed by atoms with Gasteiger partial charge in [-0.05, 0) is 44.0 Å². The van der Waals surface area contributed by atoms with Crippen molar-refractivity contribution in [2.75, 3.05) is 12.4 Å². The molecule has 6 nitrogen and oxygen atoms in total. The van der Waals surface area contributed by atoms with Gasteiger partial charge in [0.2, 0.25) is 5.91 Å². The first kappa shape index (κ1) is 15.8. The van der Waals surface area contributed by atoms with E-state index in [9.17, 15) is 9.59 Å². The number of aryl methyl sites for hydroxylation is 2. The number of rotatable bonds is 5. The Labute approximate surface area is 128 Å². The molecule has 0 saturated carbocycles. The molecule has 0 aliphatic rings. The average molecular weight is 301 g/mol. The molecule has 0 aliphatic carbocycles. The molecule has 0 unspecified atom stereocenters. The zero-order valence-corrected chi connectivity index (χ0v) is 12.9. The molecule has 116 valence electrons. The van der Waals surface area contributed by atoms with Gasteiger partial charge in [-0.3, -0.25) is 9.89 Å². The Morgan fingerprint density at radius 1 is 1.32 bits per heavy atom. The summed E-state index contributed by atoms with van der Waals surface area (Å²) in [6, 6.07) is 6.67. The predicted octanol–water partition coefficient (Wildman–Crippen LogP) is 2.38. The molecule has 2 N–H and O–H groups in total. The minimum Gasteiger partial charge on any atom is -0.465 e. The van der Waals surface area contributed by atoms with Crippen molar-refractivity contribution in [1.82, 2.24) is 10.2 Å². The molecule has 2 rings (SSSR count). The molecule has 1 amide bonds. The first-order valence-corrected chi connectivity index (χ1v) is 7.00. The van der Waals surface area contributed by atoms with Crippen molar-refractivity contribution in [3.8, 4) is 0 Å². The van der Waals surface area contributed by atoms with E-state index in [1.165, 1.54) is 7.11 Å². The number of nitrogens with zero attached hydrogens (tertiary/aromatic N) is 1. The van der Waals surface area contributed by atoms with E-state index < -0.39 is 5.97 Å². The lowest BCUT2D eigenvalue weighted by atomic mass is 10.1. The smallest absolute Gasteiger partial charge is 0.337 e. The number of hydrogen-bond acceptors (Lipinski definition) is 4. The Bertz CT molecular complexity index is 672. The van der Waals surface area contributed by atoms with Gasteiger partial charge >= 0.3 is 5.97 Å². The first-order valence-electron chi connectivity index (χ1n) is 7.00. The summed E-state index contributed by atoms with van der Waals surface area (Å²) >= 11 is 0. The minimum absolute atomic E-state index is 0.109. The highest BCUT2D eigenvalue weighted by Gasteiger charge is 2.11. The molecule has 2 aromatic rings. The lowest BCUT2D eigenvalue weighted by Gasteiger charge is -2.07. The zero-order chi connectivity index (χ0) is 16.1. The van der Waals surface area contributed by atoms with Gasteiger partial charge in [0.15, 0.2) is 0 Å². The van der Waals surface area contributed by atoms with Crippen molar-refractivity contribution in [3.05, 3.63) is 46.8 Å². The molecule has 1 aromatic heterocycles.